The summed E-state index contributed by atoms with van der Waals surface area (Å²) in [6, 6.07) is 1.86. The Morgan fingerprint density at radius 3 is 3.23 bits per heavy atom. The van der Waals surface area contributed by atoms with Crippen LogP contribution in [0.1, 0.15) is 6.92 Å². The second kappa shape index (κ2) is 3.31. The number of anilines is 1. The second-order valence-corrected chi connectivity index (χ2v) is 5.00. The maximum absolute atomic E-state index is 11.3. The molecule has 0 aromatic carbocycles. The second-order valence-electron chi connectivity index (χ2n) is 2.76. The Bertz CT molecular complexity index is 369. The monoisotopic (exact) mass is 258 g/mol. The Labute approximate surface area is 88.4 Å². The number of aromatic nitrogens is 1. The molecular weight excluding hydrogens is 252 g/mol. The molecule has 1 atom stereocenters. The summed E-state index contributed by atoms with van der Waals surface area (Å²) < 4.78 is 0.877. The van der Waals surface area contributed by atoms with Crippen molar-refractivity contribution in [3.63, 3.8) is 0 Å². The molecule has 13 heavy (non-hydrogen) atoms. The number of nitrogens with one attached hydrogen (secondary N) is 1. The van der Waals surface area contributed by atoms with Crippen LogP contribution in [0.25, 0.3) is 0 Å². The van der Waals surface area contributed by atoms with Gasteiger partial charge >= 0.3 is 0 Å². The molecule has 1 aliphatic rings. The van der Waals surface area contributed by atoms with E-state index in [9.17, 15) is 4.79 Å². The minimum Gasteiger partial charge on any atom is -0.323 e. The van der Waals surface area contributed by atoms with E-state index in [4.69, 9.17) is 0 Å². The zero-order valence-electron chi connectivity index (χ0n) is 6.87. The largest absolute Gasteiger partial charge is 0.323 e. The molecule has 1 unspecified atom stereocenters. The Kier molecular flexibility index (Phi) is 2.29. The minimum atomic E-state index is -0.0545. The molecule has 0 aliphatic carbocycles. The molecule has 0 radical (unpaired) electrons. The molecule has 2 rings (SSSR count). The summed E-state index contributed by atoms with van der Waals surface area (Å²) in [5, 5.41) is 3.63. The van der Waals surface area contributed by atoms with Crippen LogP contribution in [0, 0.1) is 0 Å². The molecule has 0 saturated carbocycles. The molecular formula is C8H7BrN2OS. The van der Waals surface area contributed by atoms with Crippen molar-refractivity contribution in [2.24, 2.45) is 0 Å². The molecule has 0 fully saturated rings. The molecule has 1 aromatic rings. The highest BCUT2D eigenvalue weighted by molar-refractivity contribution is 9.10. The Morgan fingerprint density at radius 1 is 1.69 bits per heavy atom. The van der Waals surface area contributed by atoms with Crippen LogP contribution in [0.2, 0.25) is 0 Å². The fourth-order valence-electron chi connectivity index (χ4n) is 1.07. The molecule has 2 heterocycles. The van der Waals surface area contributed by atoms with Gasteiger partial charge in [-0.1, -0.05) is 11.8 Å². The molecule has 68 valence electrons. The third-order valence-electron chi connectivity index (χ3n) is 1.73. The third kappa shape index (κ3) is 1.71. The van der Waals surface area contributed by atoms with Gasteiger partial charge in [0.05, 0.1) is 10.9 Å². The fourth-order valence-corrected chi connectivity index (χ4v) is 2.25. The first-order valence-electron chi connectivity index (χ1n) is 3.80. The first-order chi connectivity index (χ1) is 6.16. The summed E-state index contributed by atoms with van der Waals surface area (Å²) >= 11 is 4.79. The van der Waals surface area contributed by atoms with Gasteiger partial charge in [-0.15, -0.1) is 0 Å². The van der Waals surface area contributed by atoms with Crippen LogP contribution in [-0.2, 0) is 4.79 Å². The number of amides is 1. The van der Waals surface area contributed by atoms with Gasteiger partial charge in [0, 0.05) is 10.7 Å². The van der Waals surface area contributed by atoms with E-state index in [0.717, 1.165) is 15.2 Å². The third-order valence-corrected chi connectivity index (χ3v) is 3.28. The van der Waals surface area contributed by atoms with Crippen LogP contribution in [-0.4, -0.2) is 16.1 Å². The van der Waals surface area contributed by atoms with Crippen LogP contribution in [0.5, 0.6) is 0 Å². The van der Waals surface area contributed by atoms with Crippen molar-refractivity contribution in [3.8, 4) is 0 Å². The number of halogens is 1. The lowest BCUT2D eigenvalue weighted by Crippen LogP contribution is -2.26. The number of hydrogen-bond donors (Lipinski definition) is 1. The average Bonchev–Trinajstić information content (AvgIpc) is 2.08. The van der Waals surface area contributed by atoms with Gasteiger partial charge in [0.1, 0.15) is 5.03 Å². The van der Waals surface area contributed by atoms with Gasteiger partial charge in [-0.25, -0.2) is 4.98 Å². The van der Waals surface area contributed by atoms with E-state index in [2.05, 4.69) is 26.2 Å². The number of hydrogen-bond acceptors (Lipinski definition) is 3. The lowest BCUT2D eigenvalue weighted by atomic mass is 10.3. The zero-order chi connectivity index (χ0) is 9.42. The Hall–Kier alpha value is -0.550. The quantitative estimate of drug-likeness (QED) is 0.777. The smallest absolute Gasteiger partial charge is 0.237 e. The molecule has 1 aliphatic heterocycles. The maximum Gasteiger partial charge on any atom is 0.237 e. The number of fused-ring (bicyclic) bond motifs is 1. The van der Waals surface area contributed by atoms with E-state index in [1.165, 1.54) is 11.8 Å². The number of nitrogens with zero attached hydrogens (tertiary/aromatic N) is 1. The van der Waals surface area contributed by atoms with Crippen LogP contribution in [0.4, 0.5) is 5.69 Å². The molecule has 1 N–H and O–H groups in total. The maximum atomic E-state index is 11.3. The molecule has 0 saturated heterocycles. The molecule has 1 aromatic heterocycles. The molecule has 3 nitrogen and oxygen atoms in total. The highest BCUT2D eigenvalue weighted by atomic mass is 79.9. The molecule has 1 amide bonds. The lowest BCUT2D eigenvalue weighted by molar-refractivity contribution is -0.115. The van der Waals surface area contributed by atoms with Crippen molar-refractivity contribution in [2.45, 2.75) is 17.2 Å². The molecule has 0 bridgehead atoms. The van der Waals surface area contributed by atoms with Gasteiger partial charge in [-0.2, -0.15) is 0 Å². The minimum absolute atomic E-state index is 0.0393. The van der Waals surface area contributed by atoms with Gasteiger partial charge in [-0.05, 0) is 28.9 Å². The van der Waals surface area contributed by atoms with E-state index in [1.807, 2.05) is 13.0 Å². The van der Waals surface area contributed by atoms with Gasteiger partial charge in [0.25, 0.3) is 0 Å². The van der Waals surface area contributed by atoms with E-state index >= 15 is 0 Å². The van der Waals surface area contributed by atoms with Crippen molar-refractivity contribution in [1.82, 2.24) is 4.98 Å². The van der Waals surface area contributed by atoms with E-state index in [0.29, 0.717) is 0 Å². The molecule has 0 spiro atoms. The summed E-state index contributed by atoms with van der Waals surface area (Å²) in [4.78, 5) is 15.5. The summed E-state index contributed by atoms with van der Waals surface area (Å²) in [6.07, 6.45) is 1.73. The Morgan fingerprint density at radius 2 is 2.46 bits per heavy atom. The summed E-state index contributed by atoms with van der Waals surface area (Å²) in [6.45, 7) is 1.87. The topological polar surface area (TPSA) is 42.0 Å². The van der Waals surface area contributed by atoms with Crippen molar-refractivity contribution in [3.05, 3.63) is 16.7 Å². The van der Waals surface area contributed by atoms with Crippen LogP contribution >= 0.6 is 27.7 Å². The number of carbonyl (C=O) groups excluding carboxylic acids is 1. The number of thioether (sulfide) groups is 1. The van der Waals surface area contributed by atoms with E-state index in [-0.39, 0.29) is 11.2 Å². The molecule has 5 heteroatoms. The lowest BCUT2D eigenvalue weighted by Gasteiger charge is -2.19. The predicted molar refractivity (Wildman–Crippen MR) is 55.9 cm³/mol. The zero-order valence-corrected chi connectivity index (χ0v) is 9.28. The highest BCUT2D eigenvalue weighted by Crippen LogP contribution is 2.34. The summed E-state index contributed by atoms with van der Waals surface area (Å²) in [7, 11) is 0. The summed E-state index contributed by atoms with van der Waals surface area (Å²) in [5.41, 5.74) is 0.794. The van der Waals surface area contributed by atoms with Gasteiger partial charge < -0.3 is 5.32 Å². The van der Waals surface area contributed by atoms with Crippen LogP contribution in [0.15, 0.2) is 21.8 Å². The number of rotatable bonds is 0. The van der Waals surface area contributed by atoms with Crippen LogP contribution < -0.4 is 5.32 Å². The number of pyridine rings is 1. The van der Waals surface area contributed by atoms with Crippen LogP contribution in [0.3, 0.4) is 0 Å². The van der Waals surface area contributed by atoms with Crippen molar-refractivity contribution in [1.29, 1.82) is 0 Å². The fraction of sp³-hybridized carbons (Fsp3) is 0.250. The predicted octanol–water partition coefficient (Wildman–Crippen LogP) is 2.28. The average molecular weight is 259 g/mol. The summed E-state index contributed by atoms with van der Waals surface area (Å²) in [5.74, 6) is 0.0393. The highest BCUT2D eigenvalue weighted by Gasteiger charge is 2.23. The van der Waals surface area contributed by atoms with Gasteiger partial charge in [0.2, 0.25) is 5.91 Å². The number of carbonyl (C=O) groups is 1. The van der Waals surface area contributed by atoms with Crippen molar-refractivity contribution in [2.75, 3.05) is 5.32 Å². The van der Waals surface area contributed by atoms with Gasteiger partial charge in [-0.3, -0.25) is 4.79 Å². The Balaban J connectivity index is 2.42. The first-order valence-corrected chi connectivity index (χ1v) is 5.47. The SMILES string of the molecule is CC1Sc2ncc(Br)cc2NC1=O. The van der Waals surface area contributed by atoms with Crippen molar-refractivity contribution >= 4 is 39.3 Å². The van der Waals surface area contributed by atoms with Gasteiger partial charge in [0.15, 0.2) is 0 Å². The van der Waals surface area contributed by atoms with E-state index < -0.39 is 0 Å². The van der Waals surface area contributed by atoms with Crippen molar-refractivity contribution < 1.29 is 4.79 Å². The first kappa shape index (κ1) is 9.02. The standard InChI is InChI=1S/C8H7BrN2OS/c1-4-7(12)11-6-2-5(9)3-10-8(6)13-4/h2-4H,1H3,(H,11,12). The normalized spacial score (nSPS) is 20.8. The van der Waals surface area contributed by atoms with E-state index in [1.54, 1.807) is 6.20 Å².